The third kappa shape index (κ3) is 3.36. The molecule has 19 heavy (non-hydrogen) atoms. The van der Waals surface area contributed by atoms with Crippen LogP contribution in [0.2, 0.25) is 5.02 Å². The number of nitrogens with zero attached hydrogens (tertiary/aromatic N) is 1. The Morgan fingerprint density at radius 2 is 2.26 bits per heavy atom. The molecule has 0 atom stereocenters. The van der Waals surface area contributed by atoms with Gasteiger partial charge in [-0.3, -0.25) is 4.79 Å². The summed E-state index contributed by atoms with van der Waals surface area (Å²) in [4.78, 5) is 14.9. The smallest absolute Gasteiger partial charge is 0.240 e. The maximum Gasteiger partial charge on any atom is 0.240 e. The zero-order chi connectivity index (χ0) is 14.0. The van der Waals surface area contributed by atoms with Gasteiger partial charge in [-0.05, 0) is 36.3 Å². The van der Waals surface area contributed by atoms with Gasteiger partial charge in [-0.1, -0.05) is 25.4 Å². The van der Waals surface area contributed by atoms with Crippen LogP contribution in [0.1, 0.15) is 13.8 Å². The molecule has 1 heterocycles. The topological polar surface area (TPSA) is 49.8 Å². The molecule has 0 aliphatic carbocycles. The van der Waals surface area contributed by atoms with Crippen LogP contribution in [0.25, 0.3) is 11.0 Å². The summed E-state index contributed by atoms with van der Waals surface area (Å²) >= 11 is 11.2. The SMILES string of the molecule is CC(C)CNC(=O)Cn1c(=S)[nH]c2ccc(Cl)cc21. The lowest BCUT2D eigenvalue weighted by Gasteiger charge is -2.08. The van der Waals surface area contributed by atoms with E-state index in [1.165, 1.54) is 0 Å². The van der Waals surface area contributed by atoms with Gasteiger partial charge in [0.25, 0.3) is 0 Å². The molecule has 0 aliphatic rings. The first-order valence-corrected chi connectivity index (χ1v) is 6.90. The standard InChI is InChI=1S/C13H16ClN3OS/c1-8(2)6-15-12(18)7-17-11-5-9(14)3-4-10(11)16-13(17)19/h3-5,8H,6-7H2,1-2H3,(H,15,18)(H,16,19). The highest BCUT2D eigenvalue weighted by atomic mass is 35.5. The van der Waals surface area contributed by atoms with Gasteiger partial charge < -0.3 is 14.9 Å². The van der Waals surface area contributed by atoms with Gasteiger partial charge in [0.15, 0.2) is 4.77 Å². The maximum atomic E-state index is 11.9. The Labute approximate surface area is 121 Å². The quantitative estimate of drug-likeness (QED) is 0.852. The van der Waals surface area contributed by atoms with Crippen molar-refractivity contribution in [1.82, 2.24) is 14.9 Å². The summed E-state index contributed by atoms with van der Waals surface area (Å²) in [6, 6.07) is 5.45. The summed E-state index contributed by atoms with van der Waals surface area (Å²) in [5.41, 5.74) is 1.73. The van der Waals surface area contributed by atoms with Crippen LogP contribution in [0, 0.1) is 10.7 Å². The molecule has 0 fully saturated rings. The van der Waals surface area contributed by atoms with Crippen molar-refractivity contribution in [1.29, 1.82) is 0 Å². The number of hydrogen-bond donors (Lipinski definition) is 2. The minimum absolute atomic E-state index is 0.0503. The van der Waals surface area contributed by atoms with E-state index in [2.05, 4.69) is 24.1 Å². The number of nitrogens with one attached hydrogen (secondary N) is 2. The number of carbonyl (C=O) groups excluding carboxylic acids is 1. The molecule has 1 aromatic heterocycles. The lowest BCUT2D eigenvalue weighted by Crippen LogP contribution is -2.30. The molecular formula is C13H16ClN3OS. The summed E-state index contributed by atoms with van der Waals surface area (Å²) in [5, 5.41) is 3.50. The average molecular weight is 298 g/mol. The molecule has 0 unspecified atom stereocenters. The number of rotatable bonds is 4. The molecule has 2 N–H and O–H groups in total. The fourth-order valence-electron chi connectivity index (χ4n) is 1.80. The minimum Gasteiger partial charge on any atom is -0.354 e. The van der Waals surface area contributed by atoms with Crippen LogP contribution in [-0.4, -0.2) is 22.0 Å². The number of carbonyl (C=O) groups is 1. The third-order valence-corrected chi connectivity index (χ3v) is 3.30. The van der Waals surface area contributed by atoms with Crippen LogP contribution in [-0.2, 0) is 11.3 Å². The van der Waals surface area contributed by atoms with Crippen LogP contribution in [0.4, 0.5) is 0 Å². The number of benzene rings is 1. The minimum atomic E-state index is -0.0503. The van der Waals surface area contributed by atoms with E-state index in [0.717, 1.165) is 11.0 Å². The highest BCUT2D eigenvalue weighted by molar-refractivity contribution is 7.71. The average Bonchev–Trinajstić information content (AvgIpc) is 2.63. The van der Waals surface area contributed by atoms with E-state index in [9.17, 15) is 4.79 Å². The maximum absolute atomic E-state index is 11.9. The number of imidazole rings is 1. The first-order chi connectivity index (χ1) is 8.97. The molecule has 4 nitrogen and oxygen atoms in total. The molecular weight excluding hydrogens is 282 g/mol. The van der Waals surface area contributed by atoms with Crippen molar-refractivity contribution in [3.05, 3.63) is 28.0 Å². The van der Waals surface area contributed by atoms with Crippen molar-refractivity contribution in [3.63, 3.8) is 0 Å². The van der Waals surface area contributed by atoms with E-state index >= 15 is 0 Å². The van der Waals surface area contributed by atoms with Gasteiger partial charge in [-0.2, -0.15) is 0 Å². The fraction of sp³-hybridized carbons (Fsp3) is 0.385. The van der Waals surface area contributed by atoms with Crippen molar-refractivity contribution in [2.75, 3.05) is 6.54 Å². The van der Waals surface area contributed by atoms with E-state index < -0.39 is 0 Å². The van der Waals surface area contributed by atoms with Gasteiger partial charge in [0.2, 0.25) is 5.91 Å². The van der Waals surface area contributed by atoms with Crippen molar-refractivity contribution >= 4 is 40.8 Å². The van der Waals surface area contributed by atoms with E-state index in [0.29, 0.717) is 22.3 Å². The Bertz CT molecular complexity index is 659. The predicted molar refractivity (Wildman–Crippen MR) is 80.0 cm³/mol. The summed E-state index contributed by atoms with van der Waals surface area (Å²) in [7, 11) is 0. The molecule has 2 aromatic rings. The largest absolute Gasteiger partial charge is 0.354 e. The van der Waals surface area contributed by atoms with Gasteiger partial charge in [0, 0.05) is 11.6 Å². The van der Waals surface area contributed by atoms with E-state index in [1.807, 2.05) is 6.07 Å². The van der Waals surface area contributed by atoms with Crippen molar-refractivity contribution in [2.45, 2.75) is 20.4 Å². The highest BCUT2D eigenvalue weighted by Gasteiger charge is 2.09. The first kappa shape index (κ1) is 14.1. The Balaban J connectivity index is 2.25. The Morgan fingerprint density at radius 1 is 1.53 bits per heavy atom. The van der Waals surface area contributed by atoms with E-state index in [-0.39, 0.29) is 12.5 Å². The normalized spacial score (nSPS) is 11.2. The first-order valence-electron chi connectivity index (χ1n) is 6.12. The summed E-state index contributed by atoms with van der Waals surface area (Å²) in [6.45, 7) is 4.97. The second kappa shape index (κ2) is 5.75. The van der Waals surface area contributed by atoms with Crippen molar-refractivity contribution < 1.29 is 4.79 Å². The summed E-state index contributed by atoms with van der Waals surface area (Å²) in [5.74, 6) is 0.375. The molecule has 6 heteroatoms. The van der Waals surface area contributed by atoms with Gasteiger partial charge >= 0.3 is 0 Å². The van der Waals surface area contributed by atoms with Gasteiger partial charge in [0.1, 0.15) is 6.54 Å². The third-order valence-electron chi connectivity index (χ3n) is 2.75. The summed E-state index contributed by atoms with van der Waals surface area (Å²) in [6.07, 6.45) is 0. The van der Waals surface area contributed by atoms with Crippen LogP contribution in [0.15, 0.2) is 18.2 Å². The molecule has 0 saturated heterocycles. The second-order valence-electron chi connectivity index (χ2n) is 4.88. The Hall–Kier alpha value is -1.33. The lowest BCUT2D eigenvalue weighted by molar-refractivity contribution is -0.121. The van der Waals surface area contributed by atoms with E-state index in [1.54, 1.807) is 16.7 Å². The molecule has 0 radical (unpaired) electrons. The van der Waals surface area contributed by atoms with Gasteiger partial charge in [-0.25, -0.2) is 0 Å². The Morgan fingerprint density at radius 3 is 2.95 bits per heavy atom. The molecule has 0 bridgehead atoms. The van der Waals surface area contributed by atoms with Crippen molar-refractivity contribution in [2.24, 2.45) is 5.92 Å². The van der Waals surface area contributed by atoms with Crippen LogP contribution in [0.5, 0.6) is 0 Å². The number of amides is 1. The predicted octanol–water partition coefficient (Wildman–Crippen LogP) is 3.12. The van der Waals surface area contributed by atoms with Gasteiger partial charge in [0.05, 0.1) is 11.0 Å². The van der Waals surface area contributed by atoms with E-state index in [4.69, 9.17) is 23.8 Å². The number of fused-ring (bicyclic) bond motifs is 1. The number of aromatic nitrogens is 2. The zero-order valence-electron chi connectivity index (χ0n) is 10.9. The molecule has 102 valence electrons. The molecule has 0 saturated carbocycles. The Kier molecular flexibility index (Phi) is 4.27. The van der Waals surface area contributed by atoms with Crippen LogP contribution in [0.3, 0.4) is 0 Å². The monoisotopic (exact) mass is 297 g/mol. The molecule has 0 aliphatic heterocycles. The molecule has 1 amide bonds. The number of hydrogen-bond acceptors (Lipinski definition) is 2. The molecule has 1 aromatic carbocycles. The zero-order valence-corrected chi connectivity index (χ0v) is 12.4. The fourth-order valence-corrected chi connectivity index (χ4v) is 2.24. The van der Waals surface area contributed by atoms with Crippen molar-refractivity contribution in [3.8, 4) is 0 Å². The molecule has 0 spiro atoms. The number of aromatic amines is 1. The number of H-pyrrole nitrogens is 1. The van der Waals surface area contributed by atoms with Crippen LogP contribution >= 0.6 is 23.8 Å². The lowest BCUT2D eigenvalue weighted by atomic mass is 10.2. The number of halogens is 1. The second-order valence-corrected chi connectivity index (χ2v) is 5.70. The highest BCUT2D eigenvalue weighted by Crippen LogP contribution is 2.19. The summed E-state index contributed by atoms with van der Waals surface area (Å²) < 4.78 is 2.28. The van der Waals surface area contributed by atoms with Crippen LogP contribution < -0.4 is 5.32 Å². The van der Waals surface area contributed by atoms with Gasteiger partial charge in [-0.15, -0.1) is 0 Å². The molecule has 2 rings (SSSR count).